The van der Waals surface area contributed by atoms with Crippen LogP contribution in [0, 0.1) is 11.7 Å². The van der Waals surface area contributed by atoms with Crippen LogP contribution in [0.25, 0.3) is 10.8 Å². The first-order valence-electron chi connectivity index (χ1n) is 9.81. The standard InChI is InChI=1S/C23H25ClFN3O2/c1-5-28(23(29)27-20-11-10-15(25)12-19(20)24)21(14(2)3)18-13-26-22(30-4)17-9-7-6-8-16(17)18/h6-14,21H,5H2,1-4H3,(H,27,29). The third-order valence-electron chi connectivity index (χ3n) is 5.04. The third-order valence-corrected chi connectivity index (χ3v) is 5.36. The molecular formula is C23H25ClFN3O2. The molecule has 1 N–H and O–H groups in total. The highest BCUT2D eigenvalue weighted by molar-refractivity contribution is 6.33. The van der Waals surface area contributed by atoms with E-state index in [-0.39, 0.29) is 23.0 Å². The van der Waals surface area contributed by atoms with Crippen molar-refractivity contribution in [2.75, 3.05) is 19.0 Å². The molecule has 0 aliphatic rings. The van der Waals surface area contributed by atoms with Gasteiger partial charge < -0.3 is 15.0 Å². The Morgan fingerprint density at radius 2 is 1.93 bits per heavy atom. The molecule has 2 aromatic carbocycles. The van der Waals surface area contributed by atoms with Crippen LogP contribution in [-0.2, 0) is 0 Å². The van der Waals surface area contributed by atoms with Crippen LogP contribution in [0.5, 0.6) is 5.88 Å². The molecule has 0 spiro atoms. The van der Waals surface area contributed by atoms with E-state index in [2.05, 4.69) is 24.1 Å². The smallest absolute Gasteiger partial charge is 0.322 e. The van der Waals surface area contributed by atoms with Gasteiger partial charge in [-0.15, -0.1) is 0 Å². The van der Waals surface area contributed by atoms with Gasteiger partial charge in [0.15, 0.2) is 0 Å². The lowest BCUT2D eigenvalue weighted by Gasteiger charge is -2.34. The molecule has 158 valence electrons. The maximum absolute atomic E-state index is 13.4. The van der Waals surface area contributed by atoms with Crippen molar-refractivity contribution >= 4 is 34.1 Å². The number of hydrogen-bond acceptors (Lipinski definition) is 3. The summed E-state index contributed by atoms with van der Waals surface area (Å²) in [6, 6.07) is 11.2. The number of nitrogens with one attached hydrogen (secondary N) is 1. The molecule has 0 radical (unpaired) electrons. The van der Waals surface area contributed by atoms with Gasteiger partial charge >= 0.3 is 6.03 Å². The summed E-state index contributed by atoms with van der Waals surface area (Å²) < 4.78 is 18.8. The summed E-state index contributed by atoms with van der Waals surface area (Å²) in [5.74, 6) is 0.196. The molecular weight excluding hydrogens is 405 g/mol. The molecule has 0 bridgehead atoms. The lowest BCUT2D eigenvalue weighted by molar-refractivity contribution is 0.172. The van der Waals surface area contributed by atoms with Gasteiger partial charge in [0.05, 0.1) is 23.9 Å². The average molecular weight is 430 g/mol. The number of hydrogen-bond donors (Lipinski definition) is 1. The summed E-state index contributed by atoms with van der Waals surface area (Å²) in [6.07, 6.45) is 1.77. The van der Waals surface area contributed by atoms with Gasteiger partial charge in [-0.05, 0) is 42.5 Å². The number of methoxy groups -OCH3 is 1. The van der Waals surface area contributed by atoms with Gasteiger partial charge in [0, 0.05) is 23.7 Å². The molecule has 0 aliphatic heterocycles. The minimum absolute atomic E-state index is 0.109. The van der Waals surface area contributed by atoms with Crippen LogP contribution in [0.15, 0.2) is 48.7 Å². The molecule has 1 unspecified atom stereocenters. The van der Waals surface area contributed by atoms with Crippen molar-refractivity contribution in [2.24, 2.45) is 5.92 Å². The Labute approximate surface area is 180 Å². The number of pyridine rings is 1. The third kappa shape index (κ3) is 4.33. The highest BCUT2D eigenvalue weighted by Crippen LogP contribution is 2.36. The molecule has 1 heterocycles. The van der Waals surface area contributed by atoms with Crippen molar-refractivity contribution in [3.63, 3.8) is 0 Å². The molecule has 30 heavy (non-hydrogen) atoms. The molecule has 0 aliphatic carbocycles. The minimum Gasteiger partial charge on any atom is -0.481 e. The number of halogens is 2. The fourth-order valence-corrected chi connectivity index (χ4v) is 3.93. The number of benzene rings is 2. The number of rotatable bonds is 6. The van der Waals surface area contributed by atoms with Crippen molar-refractivity contribution in [1.82, 2.24) is 9.88 Å². The number of fused-ring (bicyclic) bond motifs is 1. The predicted molar refractivity (Wildman–Crippen MR) is 119 cm³/mol. The van der Waals surface area contributed by atoms with Gasteiger partial charge in [-0.3, -0.25) is 0 Å². The number of anilines is 1. The van der Waals surface area contributed by atoms with Gasteiger partial charge in [0.25, 0.3) is 0 Å². The summed E-state index contributed by atoms with van der Waals surface area (Å²) in [7, 11) is 1.59. The Hall–Kier alpha value is -2.86. The molecule has 1 atom stereocenters. The molecule has 1 aromatic heterocycles. The normalized spacial score (nSPS) is 12.1. The number of amides is 2. The van der Waals surface area contributed by atoms with Crippen molar-refractivity contribution in [1.29, 1.82) is 0 Å². The molecule has 3 aromatic rings. The van der Waals surface area contributed by atoms with E-state index >= 15 is 0 Å². The van der Waals surface area contributed by atoms with Crippen LogP contribution in [-0.4, -0.2) is 29.6 Å². The quantitative estimate of drug-likeness (QED) is 0.501. The van der Waals surface area contributed by atoms with Crippen LogP contribution >= 0.6 is 11.6 Å². The summed E-state index contributed by atoms with van der Waals surface area (Å²) in [5, 5.41) is 4.83. The predicted octanol–water partition coefficient (Wildman–Crippen LogP) is 6.29. The van der Waals surface area contributed by atoms with Crippen molar-refractivity contribution in [2.45, 2.75) is 26.8 Å². The number of nitrogens with zero attached hydrogens (tertiary/aromatic N) is 2. The zero-order valence-corrected chi connectivity index (χ0v) is 18.2. The van der Waals surface area contributed by atoms with E-state index in [4.69, 9.17) is 16.3 Å². The monoisotopic (exact) mass is 429 g/mol. The van der Waals surface area contributed by atoms with E-state index in [1.165, 1.54) is 18.2 Å². The van der Waals surface area contributed by atoms with Gasteiger partial charge in [-0.2, -0.15) is 0 Å². The van der Waals surface area contributed by atoms with Gasteiger partial charge in [0.2, 0.25) is 5.88 Å². The average Bonchev–Trinajstić information content (AvgIpc) is 2.73. The molecule has 7 heteroatoms. The fraction of sp³-hybridized carbons (Fsp3) is 0.304. The van der Waals surface area contributed by atoms with E-state index < -0.39 is 5.82 Å². The number of carbonyl (C=O) groups excluding carboxylic acids is 1. The molecule has 0 saturated carbocycles. The highest BCUT2D eigenvalue weighted by atomic mass is 35.5. The Kier molecular flexibility index (Phi) is 6.77. The lowest BCUT2D eigenvalue weighted by Crippen LogP contribution is -2.40. The van der Waals surface area contributed by atoms with Gasteiger partial charge in [-0.25, -0.2) is 14.2 Å². The second kappa shape index (κ2) is 9.30. The Morgan fingerprint density at radius 1 is 1.23 bits per heavy atom. The first kappa shape index (κ1) is 21.8. The summed E-state index contributed by atoms with van der Waals surface area (Å²) >= 11 is 6.09. The van der Waals surface area contributed by atoms with E-state index in [1.807, 2.05) is 31.2 Å². The van der Waals surface area contributed by atoms with E-state index in [0.29, 0.717) is 18.1 Å². The molecule has 0 fully saturated rings. The Bertz CT molecular complexity index is 1060. The maximum Gasteiger partial charge on any atom is 0.322 e. The van der Waals surface area contributed by atoms with Gasteiger partial charge in [0.1, 0.15) is 5.82 Å². The first-order valence-corrected chi connectivity index (χ1v) is 10.2. The molecule has 2 amide bonds. The van der Waals surface area contributed by atoms with E-state index in [0.717, 1.165) is 16.3 Å². The topological polar surface area (TPSA) is 54.5 Å². The van der Waals surface area contributed by atoms with Crippen LogP contribution in [0.1, 0.15) is 32.4 Å². The first-order chi connectivity index (χ1) is 14.4. The van der Waals surface area contributed by atoms with E-state index in [9.17, 15) is 9.18 Å². The zero-order chi connectivity index (χ0) is 21.8. The van der Waals surface area contributed by atoms with Crippen molar-refractivity contribution in [3.05, 3.63) is 65.1 Å². The SMILES string of the molecule is CCN(C(=O)Nc1ccc(F)cc1Cl)C(c1cnc(OC)c2ccccc12)C(C)C. The second-order valence-corrected chi connectivity index (χ2v) is 7.70. The lowest BCUT2D eigenvalue weighted by atomic mass is 9.92. The number of ether oxygens (including phenoxy) is 1. The van der Waals surface area contributed by atoms with Crippen LogP contribution in [0.3, 0.4) is 0 Å². The van der Waals surface area contributed by atoms with Crippen LogP contribution in [0.4, 0.5) is 14.9 Å². The summed E-state index contributed by atoms with van der Waals surface area (Å²) in [5.41, 5.74) is 1.30. The largest absolute Gasteiger partial charge is 0.481 e. The molecule has 3 rings (SSSR count). The van der Waals surface area contributed by atoms with Crippen molar-refractivity contribution < 1.29 is 13.9 Å². The van der Waals surface area contributed by atoms with Crippen LogP contribution in [0.2, 0.25) is 5.02 Å². The fourth-order valence-electron chi connectivity index (χ4n) is 3.72. The zero-order valence-electron chi connectivity index (χ0n) is 17.4. The Morgan fingerprint density at radius 3 is 2.53 bits per heavy atom. The molecule has 0 saturated heterocycles. The minimum atomic E-state index is -0.457. The molecule has 5 nitrogen and oxygen atoms in total. The van der Waals surface area contributed by atoms with Crippen molar-refractivity contribution in [3.8, 4) is 5.88 Å². The van der Waals surface area contributed by atoms with Gasteiger partial charge in [-0.1, -0.05) is 43.6 Å². The summed E-state index contributed by atoms with van der Waals surface area (Å²) in [6.45, 7) is 6.50. The second-order valence-electron chi connectivity index (χ2n) is 7.30. The summed E-state index contributed by atoms with van der Waals surface area (Å²) in [4.78, 5) is 19.4. The van der Waals surface area contributed by atoms with Crippen LogP contribution < -0.4 is 10.1 Å². The Balaban J connectivity index is 2.02. The number of urea groups is 1. The number of aromatic nitrogens is 1. The highest BCUT2D eigenvalue weighted by Gasteiger charge is 2.29. The number of carbonyl (C=O) groups is 1. The maximum atomic E-state index is 13.4. The van der Waals surface area contributed by atoms with E-state index in [1.54, 1.807) is 18.2 Å².